The Kier molecular flexibility index (Phi) is 5.37. The minimum absolute atomic E-state index is 0.0167. The summed E-state index contributed by atoms with van der Waals surface area (Å²) in [6.07, 6.45) is 3.64. The number of nitrogens with one attached hydrogen (secondary N) is 2. The Bertz CT molecular complexity index is 1000. The maximum atomic E-state index is 9.85. The van der Waals surface area contributed by atoms with Crippen LogP contribution in [0.2, 0.25) is 0 Å². The highest BCUT2D eigenvalue weighted by Crippen LogP contribution is 2.22. The lowest BCUT2D eigenvalue weighted by atomic mass is 10.2. The van der Waals surface area contributed by atoms with Crippen LogP contribution in [0.15, 0.2) is 53.6 Å². The van der Waals surface area contributed by atoms with Crippen LogP contribution in [0.25, 0.3) is 0 Å². The smallest absolute Gasteiger partial charge is 0.250 e. The third-order valence-electron chi connectivity index (χ3n) is 4.42. The summed E-state index contributed by atoms with van der Waals surface area (Å²) in [4.78, 5) is 15.5. The van der Waals surface area contributed by atoms with Crippen molar-refractivity contribution in [2.24, 2.45) is 5.10 Å². The van der Waals surface area contributed by atoms with Crippen LogP contribution in [0.1, 0.15) is 18.4 Å². The van der Waals surface area contributed by atoms with Gasteiger partial charge in [-0.3, -0.25) is 0 Å². The van der Waals surface area contributed by atoms with Crippen molar-refractivity contribution < 1.29 is 10.2 Å². The average molecular weight is 391 g/mol. The fourth-order valence-electron chi connectivity index (χ4n) is 2.98. The molecule has 0 unspecified atom stereocenters. The summed E-state index contributed by atoms with van der Waals surface area (Å²) < 4.78 is 0. The van der Waals surface area contributed by atoms with Gasteiger partial charge in [-0.2, -0.15) is 20.1 Å². The molecular formula is C20H21N7O2. The Hall–Kier alpha value is -3.88. The van der Waals surface area contributed by atoms with Crippen LogP contribution in [-0.4, -0.2) is 44.5 Å². The summed E-state index contributed by atoms with van der Waals surface area (Å²) >= 11 is 0. The molecule has 0 aliphatic carbocycles. The second-order valence-corrected chi connectivity index (χ2v) is 6.58. The molecule has 1 fully saturated rings. The van der Waals surface area contributed by atoms with E-state index in [1.165, 1.54) is 18.3 Å². The van der Waals surface area contributed by atoms with Crippen molar-refractivity contribution in [3.8, 4) is 11.5 Å². The van der Waals surface area contributed by atoms with Crippen LogP contribution in [0.3, 0.4) is 0 Å². The molecule has 2 aromatic carbocycles. The van der Waals surface area contributed by atoms with Gasteiger partial charge < -0.3 is 20.4 Å². The topological polar surface area (TPSA) is 119 Å². The maximum Gasteiger partial charge on any atom is 0.250 e. The molecule has 9 heteroatoms. The van der Waals surface area contributed by atoms with Crippen LogP contribution in [-0.2, 0) is 0 Å². The molecule has 9 nitrogen and oxygen atoms in total. The molecule has 1 saturated heterocycles. The molecule has 0 spiro atoms. The molecular weight excluding hydrogens is 370 g/mol. The zero-order valence-corrected chi connectivity index (χ0v) is 15.7. The van der Waals surface area contributed by atoms with Crippen molar-refractivity contribution >= 4 is 29.7 Å². The summed E-state index contributed by atoms with van der Waals surface area (Å²) in [5.41, 5.74) is 4.11. The zero-order valence-electron chi connectivity index (χ0n) is 15.7. The predicted octanol–water partition coefficient (Wildman–Crippen LogP) is 3.07. The van der Waals surface area contributed by atoms with Gasteiger partial charge in [0.15, 0.2) is 0 Å². The molecule has 0 bridgehead atoms. The van der Waals surface area contributed by atoms with Crippen LogP contribution in [0.4, 0.5) is 23.5 Å². The highest BCUT2D eigenvalue weighted by molar-refractivity contribution is 5.84. The quantitative estimate of drug-likeness (QED) is 0.374. The van der Waals surface area contributed by atoms with Gasteiger partial charge in [0.05, 0.1) is 6.21 Å². The van der Waals surface area contributed by atoms with Gasteiger partial charge in [0.2, 0.25) is 17.8 Å². The Morgan fingerprint density at radius 1 is 0.931 bits per heavy atom. The van der Waals surface area contributed by atoms with E-state index in [0.29, 0.717) is 17.5 Å². The highest BCUT2D eigenvalue weighted by Gasteiger charge is 2.17. The summed E-state index contributed by atoms with van der Waals surface area (Å²) in [5.74, 6) is 1.20. The molecule has 0 amide bonds. The fourth-order valence-corrected chi connectivity index (χ4v) is 2.98. The molecule has 3 aromatic rings. The number of phenols is 2. The number of aromatic nitrogens is 3. The third kappa shape index (κ3) is 4.70. The first-order valence-corrected chi connectivity index (χ1v) is 9.31. The lowest BCUT2D eigenvalue weighted by Gasteiger charge is -2.16. The molecule has 0 atom stereocenters. The number of anilines is 4. The Morgan fingerprint density at radius 2 is 1.69 bits per heavy atom. The first kappa shape index (κ1) is 18.5. The summed E-state index contributed by atoms with van der Waals surface area (Å²) in [7, 11) is 0. The average Bonchev–Trinajstić information content (AvgIpc) is 3.25. The van der Waals surface area contributed by atoms with E-state index in [-0.39, 0.29) is 17.4 Å². The van der Waals surface area contributed by atoms with Crippen LogP contribution in [0, 0.1) is 0 Å². The number of phenolic OH excluding ortho intramolecular Hbond substituents is 2. The lowest BCUT2D eigenvalue weighted by molar-refractivity contribution is 0.450. The molecule has 1 aromatic heterocycles. The van der Waals surface area contributed by atoms with Gasteiger partial charge in [0, 0.05) is 30.4 Å². The third-order valence-corrected chi connectivity index (χ3v) is 4.42. The van der Waals surface area contributed by atoms with Crippen molar-refractivity contribution in [2.45, 2.75) is 12.8 Å². The SMILES string of the molecule is Oc1ccc(/C=N/Nc2nc(Nc3ccccc3)nc(N3CCCC3)n2)c(O)c1. The van der Waals surface area contributed by atoms with E-state index >= 15 is 0 Å². The number of hydrogen-bond donors (Lipinski definition) is 4. The molecule has 4 N–H and O–H groups in total. The molecule has 0 saturated carbocycles. The van der Waals surface area contributed by atoms with Crippen molar-refractivity contribution in [1.82, 2.24) is 15.0 Å². The standard InChI is InChI=1S/C20H21N7O2/c28-16-9-8-14(17(29)12-16)13-21-26-19-23-18(22-15-6-2-1-3-7-15)24-20(25-19)27-10-4-5-11-27/h1-3,6-9,12-13,28-29H,4-5,10-11H2,(H2,22,23,24,25,26)/b21-13+. The van der Waals surface area contributed by atoms with Gasteiger partial charge in [0.25, 0.3) is 0 Å². The zero-order chi connectivity index (χ0) is 20.1. The fraction of sp³-hybridized carbons (Fsp3) is 0.200. The van der Waals surface area contributed by atoms with Crippen LogP contribution >= 0.6 is 0 Å². The number of hydrogen-bond acceptors (Lipinski definition) is 9. The minimum atomic E-state index is -0.0737. The first-order valence-electron chi connectivity index (χ1n) is 9.31. The van der Waals surface area contributed by atoms with Crippen molar-refractivity contribution in [3.63, 3.8) is 0 Å². The van der Waals surface area contributed by atoms with Crippen molar-refractivity contribution in [2.75, 3.05) is 28.7 Å². The van der Waals surface area contributed by atoms with Crippen LogP contribution < -0.4 is 15.6 Å². The molecule has 1 aliphatic heterocycles. The lowest BCUT2D eigenvalue weighted by Crippen LogP contribution is -2.21. The largest absolute Gasteiger partial charge is 0.508 e. The van der Waals surface area contributed by atoms with E-state index in [0.717, 1.165) is 31.6 Å². The Balaban J connectivity index is 1.56. The summed E-state index contributed by atoms with van der Waals surface area (Å²) in [6, 6.07) is 13.9. The van der Waals surface area contributed by atoms with Gasteiger partial charge in [-0.15, -0.1) is 0 Å². The normalized spacial score (nSPS) is 13.7. The van der Waals surface area contributed by atoms with Crippen LogP contribution in [0.5, 0.6) is 11.5 Å². The van der Waals surface area contributed by atoms with Gasteiger partial charge in [0.1, 0.15) is 11.5 Å². The van der Waals surface area contributed by atoms with Gasteiger partial charge in [-0.1, -0.05) is 18.2 Å². The number of hydrazone groups is 1. The molecule has 2 heterocycles. The highest BCUT2D eigenvalue weighted by atomic mass is 16.3. The molecule has 1 aliphatic rings. The Morgan fingerprint density at radius 3 is 2.45 bits per heavy atom. The number of aromatic hydroxyl groups is 2. The van der Waals surface area contributed by atoms with E-state index in [4.69, 9.17) is 0 Å². The minimum Gasteiger partial charge on any atom is -0.508 e. The number of benzene rings is 2. The molecule has 0 radical (unpaired) electrons. The summed E-state index contributed by atoms with van der Waals surface area (Å²) in [5, 5.41) is 26.5. The second kappa shape index (κ2) is 8.42. The molecule has 148 valence electrons. The molecule has 4 rings (SSSR count). The van der Waals surface area contributed by atoms with Gasteiger partial charge in [-0.25, -0.2) is 5.43 Å². The number of para-hydroxylation sites is 1. The van der Waals surface area contributed by atoms with E-state index in [1.807, 2.05) is 30.3 Å². The summed E-state index contributed by atoms with van der Waals surface area (Å²) in [6.45, 7) is 1.80. The molecule has 29 heavy (non-hydrogen) atoms. The number of nitrogens with zero attached hydrogens (tertiary/aromatic N) is 5. The van der Waals surface area contributed by atoms with Crippen molar-refractivity contribution in [1.29, 1.82) is 0 Å². The van der Waals surface area contributed by atoms with E-state index in [2.05, 4.69) is 35.7 Å². The van der Waals surface area contributed by atoms with Gasteiger partial charge in [-0.05, 0) is 37.1 Å². The van der Waals surface area contributed by atoms with E-state index < -0.39 is 0 Å². The number of rotatable bonds is 6. The monoisotopic (exact) mass is 391 g/mol. The predicted molar refractivity (Wildman–Crippen MR) is 112 cm³/mol. The maximum absolute atomic E-state index is 9.85. The second-order valence-electron chi connectivity index (χ2n) is 6.58. The van der Waals surface area contributed by atoms with E-state index in [1.54, 1.807) is 6.07 Å². The Labute approximate surface area is 167 Å². The van der Waals surface area contributed by atoms with Crippen molar-refractivity contribution in [3.05, 3.63) is 54.1 Å². The first-order chi connectivity index (χ1) is 14.2. The van der Waals surface area contributed by atoms with E-state index in [9.17, 15) is 10.2 Å². The van der Waals surface area contributed by atoms with Gasteiger partial charge >= 0.3 is 0 Å².